The minimum Gasteiger partial charge on any atom is -0.493 e. The van der Waals surface area contributed by atoms with Gasteiger partial charge in [0.2, 0.25) is 0 Å². The Balaban J connectivity index is 0.747. The van der Waals surface area contributed by atoms with E-state index in [0.717, 1.165) is 97.3 Å². The van der Waals surface area contributed by atoms with Gasteiger partial charge in [0.15, 0.2) is 0 Å². The molecule has 2 saturated carbocycles. The summed E-state index contributed by atoms with van der Waals surface area (Å²) in [6.07, 6.45) is 20.8. The van der Waals surface area contributed by atoms with E-state index in [0.29, 0.717) is 42.0 Å². The Labute approximate surface area is 371 Å². The van der Waals surface area contributed by atoms with Crippen molar-refractivity contribution in [3.05, 3.63) is 97.1 Å². The van der Waals surface area contributed by atoms with Gasteiger partial charge in [0, 0.05) is 25.7 Å². The molecule has 0 bridgehead atoms. The average Bonchev–Trinajstić information content (AvgIpc) is 3.30. The van der Waals surface area contributed by atoms with Gasteiger partial charge in [0.1, 0.15) is 28.8 Å². The summed E-state index contributed by atoms with van der Waals surface area (Å²) < 4.78 is 23.2. The van der Waals surface area contributed by atoms with Crippen molar-refractivity contribution in [2.24, 2.45) is 23.7 Å². The average molecular weight is 843 g/mol. The van der Waals surface area contributed by atoms with Gasteiger partial charge in [0.05, 0.1) is 13.2 Å². The van der Waals surface area contributed by atoms with E-state index >= 15 is 0 Å². The molecule has 0 saturated heterocycles. The number of carbonyl (C=O) groups excluding carboxylic acids is 3. The molecule has 2 aliphatic rings. The van der Waals surface area contributed by atoms with Crippen molar-refractivity contribution in [3.8, 4) is 45.3 Å². The van der Waals surface area contributed by atoms with Crippen LogP contribution in [0.5, 0.6) is 23.0 Å². The van der Waals surface area contributed by atoms with Crippen LogP contribution in [0.2, 0.25) is 0 Å². The molecule has 0 N–H and O–H groups in total. The van der Waals surface area contributed by atoms with Crippen LogP contribution in [0.4, 0.5) is 0 Å². The monoisotopic (exact) mass is 843 g/mol. The molecule has 7 nitrogen and oxygen atoms in total. The first kappa shape index (κ1) is 46.6. The number of ketones is 1. The van der Waals surface area contributed by atoms with E-state index in [1.807, 2.05) is 86.6 Å². The van der Waals surface area contributed by atoms with E-state index in [1.54, 1.807) is 0 Å². The Kier molecular flexibility index (Phi) is 19.0. The molecule has 0 amide bonds. The lowest BCUT2D eigenvalue weighted by molar-refractivity contribution is -0.135. The highest BCUT2D eigenvalue weighted by molar-refractivity contribution is 5.78. The molecule has 6 rings (SSSR count). The van der Waals surface area contributed by atoms with Crippen molar-refractivity contribution >= 4 is 17.7 Å². The van der Waals surface area contributed by atoms with Crippen molar-refractivity contribution in [1.29, 1.82) is 0 Å². The fourth-order valence-corrected chi connectivity index (χ4v) is 9.13. The van der Waals surface area contributed by atoms with E-state index in [-0.39, 0.29) is 11.9 Å². The molecular weight excluding hydrogens is 773 g/mol. The summed E-state index contributed by atoms with van der Waals surface area (Å²) in [7, 11) is 0. The zero-order valence-electron chi connectivity index (χ0n) is 37.5. The molecule has 62 heavy (non-hydrogen) atoms. The van der Waals surface area contributed by atoms with E-state index in [1.165, 1.54) is 77.0 Å². The number of Topliss-reactive ketones (excluding diaryl/α,β-unsaturated/α-hetero) is 1. The van der Waals surface area contributed by atoms with E-state index in [4.69, 9.17) is 18.9 Å². The highest BCUT2D eigenvalue weighted by atomic mass is 16.5. The topological polar surface area (TPSA) is 88.1 Å². The lowest BCUT2D eigenvalue weighted by Gasteiger charge is -2.28. The predicted octanol–water partition coefficient (Wildman–Crippen LogP) is 14.2. The van der Waals surface area contributed by atoms with Gasteiger partial charge in [-0.1, -0.05) is 114 Å². The summed E-state index contributed by atoms with van der Waals surface area (Å²) in [5.41, 5.74) is 4.36. The molecule has 0 aliphatic heterocycles. The smallest absolute Gasteiger partial charge is 0.311 e. The molecule has 0 radical (unpaired) electrons. The number of hydrogen-bond acceptors (Lipinski definition) is 7. The normalized spacial score (nSPS) is 18.7. The molecule has 0 spiro atoms. The standard InChI is InChI=1S/C55H70O7/c1-3-9-54(57)61-52-35-27-47(28-36-52)45-23-31-50(32-24-45)59-39-43-19-15-41(16-20-43)11-5-7-13-49(56)14-8-6-12-42-17-21-44(22-18-42)40-60-51-33-25-46(26-34-51)48-29-37-53(38-30-48)62-55(58)10-4-2/h23-38,41-44H,3-22,39-40H2,1-2H3. The highest BCUT2D eigenvalue weighted by Crippen LogP contribution is 2.35. The van der Waals surface area contributed by atoms with Crippen LogP contribution >= 0.6 is 0 Å². The molecule has 0 atom stereocenters. The Morgan fingerprint density at radius 3 is 1.03 bits per heavy atom. The van der Waals surface area contributed by atoms with Gasteiger partial charge in [-0.25, -0.2) is 0 Å². The van der Waals surface area contributed by atoms with Gasteiger partial charge >= 0.3 is 11.9 Å². The van der Waals surface area contributed by atoms with Crippen molar-refractivity contribution in [1.82, 2.24) is 0 Å². The van der Waals surface area contributed by atoms with Gasteiger partial charge in [0.25, 0.3) is 0 Å². The predicted molar refractivity (Wildman–Crippen MR) is 249 cm³/mol. The van der Waals surface area contributed by atoms with Gasteiger partial charge in [-0.2, -0.15) is 0 Å². The number of carbonyl (C=O) groups is 3. The van der Waals surface area contributed by atoms with E-state index < -0.39 is 0 Å². The maximum Gasteiger partial charge on any atom is 0.311 e. The van der Waals surface area contributed by atoms with Crippen LogP contribution in [-0.4, -0.2) is 30.9 Å². The number of ether oxygens (including phenoxy) is 4. The van der Waals surface area contributed by atoms with Crippen LogP contribution in [0, 0.1) is 23.7 Å². The number of rotatable bonds is 24. The van der Waals surface area contributed by atoms with Gasteiger partial charge < -0.3 is 18.9 Å². The molecule has 0 unspecified atom stereocenters. The Bertz CT molecular complexity index is 1780. The summed E-state index contributed by atoms with van der Waals surface area (Å²) in [4.78, 5) is 36.2. The molecular formula is C55H70O7. The van der Waals surface area contributed by atoms with Crippen LogP contribution in [0.25, 0.3) is 22.3 Å². The highest BCUT2D eigenvalue weighted by Gasteiger charge is 2.23. The maximum absolute atomic E-state index is 12.7. The Morgan fingerprint density at radius 2 is 0.710 bits per heavy atom. The first-order valence-corrected chi connectivity index (χ1v) is 23.9. The van der Waals surface area contributed by atoms with Crippen LogP contribution in [0.1, 0.15) is 142 Å². The van der Waals surface area contributed by atoms with Crippen LogP contribution in [-0.2, 0) is 14.4 Å². The Morgan fingerprint density at radius 1 is 0.403 bits per heavy atom. The third-order valence-corrected chi connectivity index (χ3v) is 13.0. The minimum absolute atomic E-state index is 0.194. The maximum atomic E-state index is 12.7. The molecule has 332 valence electrons. The van der Waals surface area contributed by atoms with E-state index in [9.17, 15) is 14.4 Å². The number of benzene rings is 4. The first-order valence-electron chi connectivity index (χ1n) is 23.9. The van der Waals surface area contributed by atoms with Gasteiger partial charge in [-0.05, 0) is 146 Å². The van der Waals surface area contributed by atoms with Gasteiger partial charge in [-0.3, -0.25) is 14.4 Å². The molecule has 4 aromatic rings. The van der Waals surface area contributed by atoms with Crippen LogP contribution in [0.15, 0.2) is 97.1 Å². The second-order valence-electron chi connectivity index (χ2n) is 18.0. The lowest BCUT2D eigenvalue weighted by Crippen LogP contribution is -2.20. The second-order valence-corrected chi connectivity index (χ2v) is 18.0. The molecule has 4 aromatic carbocycles. The summed E-state index contributed by atoms with van der Waals surface area (Å²) in [6.45, 7) is 5.47. The van der Waals surface area contributed by atoms with Crippen molar-refractivity contribution in [2.75, 3.05) is 13.2 Å². The summed E-state index contributed by atoms with van der Waals surface area (Å²) in [6, 6.07) is 31.8. The van der Waals surface area contributed by atoms with Gasteiger partial charge in [-0.15, -0.1) is 0 Å². The van der Waals surface area contributed by atoms with E-state index in [2.05, 4.69) is 24.3 Å². The summed E-state index contributed by atoms with van der Waals surface area (Å²) in [5, 5.41) is 0. The Hall–Kier alpha value is -4.91. The third-order valence-electron chi connectivity index (χ3n) is 13.0. The summed E-state index contributed by atoms with van der Waals surface area (Å²) >= 11 is 0. The quantitative estimate of drug-likeness (QED) is 0.0394. The van der Waals surface area contributed by atoms with Crippen molar-refractivity contribution in [2.45, 2.75) is 142 Å². The number of unbranched alkanes of at least 4 members (excludes halogenated alkanes) is 2. The zero-order chi connectivity index (χ0) is 43.4. The van der Waals surface area contributed by atoms with Crippen LogP contribution < -0.4 is 18.9 Å². The SMILES string of the molecule is CCCC(=O)Oc1ccc(-c2ccc(OCC3CCC(CCCCC(=O)CCCCC4CCC(COc5ccc(-c6ccc(OC(=O)CCC)cc6)cc5)CC4)CC3)cc2)cc1. The third kappa shape index (κ3) is 15.8. The molecule has 2 aliphatic carbocycles. The number of esters is 2. The largest absolute Gasteiger partial charge is 0.493 e. The van der Waals surface area contributed by atoms with Crippen molar-refractivity contribution < 1.29 is 33.3 Å². The summed E-state index contributed by atoms with van der Waals surface area (Å²) in [5.74, 6) is 5.84. The fraction of sp³-hybridized carbons (Fsp3) is 0.509. The number of hydrogen-bond donors (Lipinski definition) is 0. The fourth-order valence-electron chi connectivity index (χ4n) is 9.13. The second kappa shape index (κ2) is 25.3. The zero-order valence-corrected chi connectivity index (χ0v) is 37.5. The molecule has 7 heteroatoms. The minimum atomic E-state index is -0.194. The first-order chi connectivity index (χ1) is 30.3. The lowest BCUT2D eigenvalue weighted by atomic mass is 9.80. The van der Waals surface area contributed by atoms with Crippen LogP contribution in [0.3, 0.4) is 0 Å². The van der Waals surface area contributed by atoms with Crippen molar-refractivity contribution in [3.63, 3.8) is 0 Å². The molecule has 0 heterocycles. The molecule has 0 aromatic heterocycles. The molecule has 2 fully saturated rings.